The van der Waals surface area contributed by atoms with Gasteiger partial charge in [-0.05, 0) is 30.6 Å². The highest BCUT2D eigenvalue weighted by atomic mass is 16.5. The van der Waals surface area contributed by atoms with Crippen LogP contribution in [-0.2, 0) is 9.53 Å². The minimum absolute atomic E-state index is 0.0520. The molecule has 0 heterocycles. The van der Waals surface area contributed by atoms with Gasteiger partial charge in [0, 0.05) is 0 Å². The van der Waals surface area contributed by atoms with E-state index in [0.717, 1.165) is 25.7 Å². The zero-order valence-corrected chi connectivity index (χ0v) is 10.8. The zero-order valence-electron chi connectivity index (χ0n) is 10.8. The molecule has 1 N–H and O–H groups in total. The average molecular weight is 228 g/mol. The molecule has 0 bridgehead atoms. The van der Waals surface area contributed by atoms with Gasteiger partial charge in [-0.1, -0.05) is 33.6 Å². The molecule has 0 amide bonds. The van der Waals surface area contributed by atoms with Crippen LogP contribution in [0.1, 0.15) is 46.5 Å². The maximum atomic E-state index is 11.8. The van der Waals surface area contributed by atoms with E-state index in [1.165, 1.54) is 7.11 Å². The lowest BCUT2D eigenvalue weighted by molar-refractivity contribution is -0.178. The summed E-state index contributed by atoms with van der Waals surface area (Å²) in [5.41, 5.74) is -1.30. The van der Waals surface area contributed by atoms with Gasteiger partial charge in [0.2, 0.25) is 0 Å². The van der Waals surface area contributed by atoms with E-state index >= 15 is 0 Å². The van der Waals surface area contributed by atoms with Crippen molar-refractivity contribution in [3.63, 3.8) is 0 Å². The number of ether oxygens (including phenoxy) is 1. The molecule has 0 spiro atoms. The normalized spacial score (nSPS) is 29.9. The van der Waals surface area contributed by atoms with Crippen molar-refractivity contribution in [3.8, 4) is 0 Å². The van der Waals surface area contributed by atoms with Gasteiger partial charge in [-0.15, -0.1) is 0 Å². The van der Waals surface area contributed by atoms with Crippen molar-refractivity contribution in [3.05, 3.63) is 0 Å². The van der Waals surface area contributed by atoms with Crippen LogP contribution in [0, 0.1) is 17.8 Å². The Labute approximate surface area is 98.2 Å². The molecule has 16 heavy (non-hydrogen) atoms. The Morgan fingerprint density at radius 2 is 1.81 bits per heavy atom. The highest BCUT2D eigenvalue weighted by molar-refractivity contribution is 5.80. The zero-order chi connectivity index (χ0) is 12.3. The Bertz CT molecular complexity index is 242. The number of esters is 1. The van der Waals surface area contributed by atoms with Crippen molar-refractivity contribution in [1.82, 2.24) is 0 Å². The van der Waals surface area contributed by atoms with Gasteiger partial charge in [-0.25, -0.2) is 4.79 Å². The number of aliphatic hydroxyl groups is 1. The molecule has 1 fully saturated rings. The predicted molar refractivity (Wildman–Crippen MR) is 62.9 cm³/mol. The number of hydrogen-bond donors (Lipinski definition) is 1. The first kappa shape index (κ1) is 13.5. The number of carbonyl (C=O) groups excluding carboxylic acids is 1. The molecule has 94 valence electrons. The van der Waals surface area contributed by atoms with Crippen molar-refractivity contribution in [2.24, 2.45) is 17.8 Å². The van der Waals surface area contributed by atoms with Gasteiger partial charge < -0.3 is 9.84 Å². The molecule has 3 nitrogen and oxygen atoms in total. The Kier molecular flexibility index (Phi) is 4.36. The van der Waals surface area contributed by atoms with Gasteiger partial charge in [0.1, 0.15) is 0 Å². The van der Waals surface area contributed by atoms with E-state index in [1.807, 2.05) is 13.8 Å². The number of carbonyl (C=O) groups is 1. The van der Waals surface area contributed by atoms with Crippen molar-refractivity contribution >= 4 is 5.97 Å². The molecule has 0 radical (unpaired) electrons. The van der Waals surface area contributed by atoms with Crippen LogP contribution in [0.25, 0.3) is 0 Å². The first-order chi connectivity index (χ1) is 7.42. The molecular formula is C13H24O3. The van der Waals surface area contributed by atoms with Crippen molar-refractivity contribution < 1.29 is 14.6 Å². The summed E-state index contributed by atoms with van der Waals surface area (Å²) in [4.78, 5) is 11.8. The summed E-state index contributed by atoms with van der Waals surface area (Å²) in [6, 6.07) is 0. The van der Waals surface area contributed by atoms with Gasteiger partial charge in [0.25, 0.3) is 0 Å². The van der Waals surface area contributed by atoms with E-state index in [4.69, 9.17) is 4.74 Å². The maximum absolute atomic E-state index is 11.8. The second kappa shape index (κ2) is 5.17. The van der Waals surface area contributed by atoms with E-state index < -0.39 is 11.6 Å². The summed E-state index contributed by atoms with van der Waals surface area (Å²) >= 11 is 0. The van der Waals surface area contributed by atoms with E-state index in [9.17, 15) is 9.90 Å². The number of methoxy groups -OCH3 is 1. The Balaban J connectivity index is 2.81. The average Bonchev–Trinajstić information content (AvgIpc) is 2.27. The van der Waals surface area contributed by atoms with Gasteiger partial charge in [-0.2, -0.15) is 0 Å². The van der Waals surface area contributed by atoms with Crippen LogP contribution >= 0.6 is 0 Å². The first-order valence-corrected chi connectivity index (χ1v) is 6.23. The van der Waals surface area contributed by atoms with Crippen LogP contribution < -0.4 is 0 Å². The van der Waals surface area contributed by atoms with Crippen LogP contribution in [0.15, 0.2) is 0 Å². The minimum Gasteiger partial charge on any atom is -0.467 e. The first-order valence-electron chi connectivity index (χ1n) is 6.23. The SMILES string of the molecule is COC(=O)C(O)(C(C)C)C1CCC(C)CC1. The third-order valence-corrected chi connectivity index (χ3v) is 4.03. The fraction of sp³-hybridized carbons (Fsp3) is 0.923. The molecule has 0 aromatic carbocycles. The second-order valence-corrected chi connectivity index (χ2v) is 5.43. The Morgan fingerprint density at radius 3 is 2.19 bits per heavy atom. The molecule has 1 saturated carbocycles. The Morgan fingerprint density at radius 1 is 1.31 bits per heavy atom. The standard InChI is InChI=1S/C13H24O3/c1-9(2)13(15,12(14)16-4)11-7-5-10(3)6-8-11/h9-11,15H,5-8H2,1-4H3. The largest absolute Gasteiger partial charge is 0.467 e. The quantitative estimate of drug-likeness (QED) is 0.754. The molecule has 0 aromatic rings. The molecular weight excluding hydrogens is 204 g/mol. The van der Waals surface area contributed by atoms with Crippen LogP contribution in [0.2, 0.25) is 0 Å². The molecule has 0 aliphatic heterocycles. The second-order valence-electron chi connectivity index (χ2n) is 5.43. The highest BCUT2D eigenvalue weighted by Gasteiger charge is 2.48. The number of hydrogen-bond acceptors (Lipinski definition) is 3. The molecule has 1 atom stereocenters. The van der Waals surface area contributed by atoms with E-state index in [1.54, 1.807) is 0 Å². The van der Waals surface area contributed by atoms with Gasteiger partial charge >= 0.3 is 5.97 Å². The maximum Gasteiger partial charge on any atom is 0.338 e. The smallest absolute Gasteiger partial charge is 0.338 e. The minimum atomic E-state index is -1.30. The van der Waals surface area contributed by atoms with Crippen LogP contribution in [0.5, 0.6) is 0 Å². The van der Waals surface area contributed by atoms with E-state index in [0.29, 0.717) is 5.92 Å². The Hall–Kier alpha value is -0.570. The summed E-state index contributed by atoms with van der Waals surface area (Å²) < 4.78 is 4.77. The van der Waals surface area contributed by atoms with Crippen LogP contribution in [0.3, 0.4) is 0 Å². The summed E-state index contributed by atoms with van der Waals surface area (Å²) in [6.45, 7) is 5.99. The number of rotatable bonds is 3. The summed E-state index contributed by atoms with van der Waals surface area (Å²) in [5, 5.41) is 10.6. The fourth-order valence-electron chi connectivity index (χ4n) is 2.74. The van der Waals surface area contributed by atoms with E-state index in [2.05, 4.69) is 6.92 Å². The van der Waals surface area contributed by atoms with Gasteiger partial charge in [0.15, 0.2) is 5.60 Å². The molecule has 0 aromatic heterocycles. The highest BCUT2D eigenvalue weighted by Crippen LogP contribution is 2.39. The van der Waals surface area contributed by atoms with E-state index in [-0.39, 0.29) is 11.8 Å². The summed E-state index contributed by atoms with van der Waals surface area (Å²) in [6.07, 6.45) is 4.03. The molecule has 1 unspecified atom stereocenters. The molecule has 1 aliphatic carbocycles. The van der Waals surface area contributed by atoms with Crippen molar-refractivity contribution in [2.45, 2.75) is 52.1 Å². The third kappa shape index (κ3) is 2.40. The van der Waals surface area contributed by atoms with Gasteiger partial charge in [-0.3, -0.25) is 0 Å². The molecule has 1 rings (SSSR count). The topological polar surface area (TPSA) is 46.5 Å². The van der Waals surface area contributed by atoms with Crippen molar-refractivity contribution in [1.29, 1.82) is 0 Å². The molecule has 0 saturated heterocycles. The fourth-order valence-corrected chi connectivity index (χ4v) is 2.74. The molecule has 3 heteroatoms. The lowest BCUT2D eigenvalue weighted by Crippen LogP contribution is -2.52. The lowest BCUT2D eigenvalue weighted by atomic mass is 9.69. The third-order valence-electron chi connectivity index (χ3n) is 4.03. The monoisotopic (exact) mass is 228 g/mol. The molecule has 1 aliphatic rings. The van der Waals surface area contributed by atoms with Crippen LogP contribution in [-0.4, -0.2) is 23.8 Å². The lowest BCUT2D eigenvalue weighted by Gasteiger charge is -2.40. The van der Waals surface area contributed by atoms with Gasteiger partial charge in [0.05, 0.1) is 7.11 Å². The predicted octanol–water partition coefficient (Wildman–Crippen LogP) is 2.37. The van der Waals surface area contributed by atoms with Crippen molar-refractivity contribution in [2.75, 3.05) is 7.11 Å². The van der Waals surface area contributed by atoms with Crippen LogP contribution in [0.4, 0.5) is 0 Å². The summed E-state index contributed by atoms with van der Waals surface area (Å²) in [5.74, 6) is 0.196. The summed E-state index contributed by atoms with van der Waals surface area (Å²) in [7, 11) is 1.35.